The van der Waals surface area contributed by atoms with Gasteiger partial charge in [-0.15, -0.1) is 0 Å². The molecule has 0 aliphatic carbocycles. The van der Waals surface area contributed by atoms with Gasteiger partial charge in [-0.2, -0.15) is 0 Å². The van der Waals surface area contributed by atoms with E-state index in [-0.39, 0.29) is 35.4 Å². The molecule has 1 saturated heterocycles. The van der Waals surface area contributed by atoms with Crippen molar-refractivity contribution in [3.8, 4) is 0 Å². The van der Waals surface area contributed by atoms with E-state index in [1.165, 1.54) is 12.1 Å². The van der Waals surface area contributed by atoms with Crippen molar-refractivity contribution < 1.29 is 22.4 Å². The molecule has 3 rings (SSSR count). The van der Waals surface area contributed by atoms with Crippen LogP contribution in [-0.4, -0.2) is 51.5 Å². The van der Waals surface area contributed by atoms with Crippen LogP contribution in [0.25, 0.3) is 0 Å². The molecule has 0 spiro atoms. The van der Waals surface area contributed by atoms with Crippen LogP contribution in [0.3, 0.4) is 0 Å². The number of likely N-dealkylation sites (N-methyl/N-ethyl adjacent to an activating group) is 1. The molecule has 1 atom stereocenters. The maximum absolute atomic E-state index is 12.5. The number of hydrogen-bond acceptors (Lipinski definition) is 6. The molecule has 0 bridgehead atoms. The Morgan fingerprint density at radius 3 is 2.67 bits per heavy atom. The van der Waals surface area contributed by atoms with Gasteiger partial charge in [-0.25, -0.2) is 12.7 Å². The van der Waals surface area contributed by atoms with E-state index in [2.05, 4.69) is 5.32 Å². The maximum atomic E-state index is 12.5. The molecule has 0 unspecified atom stereocenters. The Kier molecular flexibility index (Phi) is 5.33. The lowest BCUT2D eigenvalue weighted by atomic mass is 10.1. The van der Waals surface area contributed by atoms with E-state index in [4.69, 9.17) is 4.42 Å². The number of carbonyl (C=O) groups excluding carboxylic acids is 2. The number of anilines is 1. The molecule has 1 N–H and O–H groups in total. The Labute approximate surface area is 157 Å². The molecule has 8 nitrogen and oxygen atoms in total. The zero-order chi connectivity index (χ0) is 19.6. The first-order valence-electron chi connectivity index (χ1n) is 8.43. The second kappa shape index (κ2) is 7.53. The summed E-state index contributed by atoms with van der Waals surface area (Å²) < 4.78 is 30.3. The van der Waals surface area contributed by atoms with Crippen molar-refractivity contribution >= 4 is 27.5 Å². The quantitative estimate of drug-likeness (QED) is 0.799. The summed E-state index contributed by atoms with van der Waals surface area (Å²) in [5.41, 5.74) is 0.458. The summed E-state index contributed by atoms with van der Waals surface area (Å²) in [4.78, 5) is 26.4. The van der Waals surface area contributed by atoms with E-state index in [0.717, 1.165) is 10.1 Å². The summed E-state index contributed by atoms with van der Waals surface area (Å²) in [5.74, 6) is -0.337. The molecule has 9 heteroatoms. The van der Waals surface area contributed by atoms with Crippen LogP contribution in [0.15, 0.2) is 47.1 Å². The van der Waals surface area contributed by atoms with Crippen LogP contribution in [0.2, 0.25) is 0 Å². The molecule has 144 valence electrons. The lowest BCUT2D eigenvalue weighted by Gasteiger charge is -2.22. The lowest BCUT2D eigenvalue weighted by molar-refractivity contribution is -0.116. The number of carbonyl (C=O) groups is 2. The Morgan fingerprint density at radius 1 is 1.30 bits per heavy atom. The normalized spacial score (nSPS) is 17.3. The Bertz CT molecular complexity index is 938. The van der Waals surface area contributed by atoms with Gasteiger partial charge in [0.1, 0.15) is 5.76 Å². The van der Waals surface area contributed by atoms with Crippen LogP contribution in [0.5, 0.6) is 0 Å². The molecule has 1 aromatic heterocycles. The fourth-order valence-electron chi connectivity index (χ4n) is 2.95. The van der Waals surface area contributed by atoms with Crippen LogP contribution in [0, 0.1) is 0 Å². The molecule has 1 aliphatic rings. The van der Waals surface area contributed by atoms with E-state index in [1.807, 2.05) is 25.1 Å². The van der Waals surface area contributed by atoms with Crippen molar-refractivity contribution in [2.24, 2.45) is 0 Å². The predicted octanol–water partition coefficient (Wildman–Crippen LogP) is 1.38. The highest BCUT2D eigenvalue weighted by atomic mass is 32.2. The third kappa shape index (κ3) is 4.04. The number of furan rings is 1. The first kappa shape index (κ1) is 19.1. The number of amides is 2. The Balaban J connectivity index is 1.75. The van der Waals surface area contributed by atoms with Crippen molar-refractivity contribution in [3.63, 3.8) is 0 Å². The predicted molar refractivity (Wildman–Crippen MR) is 99.8 cm³/mol. The SMILES string of the molecule is CN(C)[C@H](CNC(=O)c1cccc(N2C(=O)CCS2(=O)=O)c1)c1ccco1. The molecule has 2 heterocycles. The fourth-order valence-corrected chi connectivity index (χ4v) is 4.40. The van der Waals surface area contributed by atoms with E-state index in [0.29, 0.717) is 6.54 Å². The van der Waals surface area contributed by atoms with E-state index < -0.39 is 15.9 Å². The van der Waals surface area contributed by atoms with E-state index in [1.54, 1.807) is 24.5 Å². The molecule has 0 saturated carbocycles. The van der Waals surface area contributed by atoms with Crippen LogP contribution < -0.4 is 9.62 Å². The number of benzene rings is 1. The topological polar surface area (TPSA) is 99.9 Å². The second-order valence-electron chi connectivity index (χ2n) is 6.48. The molecule has 1 fully saturated rings. The minimum absolute atomic E-state index is 0.0492. The van der Waals surface area contributed by atoms with Crippen molar-refractivity contribution in [3.05, 3.63) is 54.0 Å². The van der Waals surface area contributed by atoms with Gasteiger partial charge < -0.3 is 9.73 Å². The maximum Gasteiger partial charge on any atom is 0.251 e. The van der Waals surface area contributed by atoms with Crippen molar-refractivity contribution in [2.75, 3.05) is 30.7 Å². The molecule has 27 heavy (non-hydrogen) atoms. The summed E-state index contributed by atoms with van der Waals surface area (Å²) in [6.07, 6.45) is 1.52. The van der Waals surface area contributed by atoms with Gasteiger partial charge in [-0.05, 0) is 44.4 Å². The summed E-state index contributed by atoms with van der Waals surface area (Å²) >= 11 is 0. The highest BCUT2D eigenvalue weighted by Gasteiger charge is 2.36. The van der Waals surface area contributed by atoms with Gasteiger partial charge in [0.15, 0.2) is 0 Å². The average Bonchev–Trinajstić information content (AvgIpc) is 3.23. The highest BCUT2D eigenvalue weighted by Crippen LogP contribution is 2.26. The average molecular weight is 391 g/mol. The van der Waals surface area contributed by atoms with Gasteiger partial charge in [0.2, 0.25) is 15.9 Å². The molecule has 2 amide bonds. The first-order chi connectivity index (χ1) is 12.8. The molecule has 1 aromatic carbocycles. The fraction of sp³-hybridized carbons (Fsp3) is 0.333. The summed E-state index contributed by atoms with van der Waals surface area (Å²) in [6.45, 7) is 0.310. The standard InChI is InChI=1S/C18H21N3O5S/c1-20(2)15(16-7-4-9-26-16)12-19-18(23)13-5-3-6-14(11-13)21-17(22)8-10-27(21,24)25/h3-7,9,11,15H,8,10,12H2,1-2H3,(H,19,23)/t15-/m1/s1. The largest absolute Gasteiger partial charge is 0.468 e. The second-order valence-corrected chi connectivity index (χ2v) is 8.42. The van der Waals surface area contributed by atoms with Crippen LogP contribution in [-0.2, 0) is 14.8 Å². The van der Waals surface area contributed by atoms with Gasteiger partial charge in [-0.3, -0.25) is 14.5 Å². The van der Waals surface area contributed by atoms with Gasteiger partial charge in [0, 0.05) is 18.5 Å². The minimum atomic E-state index is -3.67. The highest BCUT2D eigenvalue weighted by molar-refractivity contribution is 7.94. The number of nitrogens with zero attached hydrogens (tertiary/aromatic N) is 2. The van der Waals surface area contributed by atoms with Crippen molar-refractivity contribution in [2.45, 2.75) is 12.5 Å². The summed E-state index contributed by atoms with van der Waals surface area (Å²) in [6, 6.07) is 9.51. The van der Waals surface area contributed by atoms with Gasteiger partial charge in [0.05, 0.1) is 23.7 Å². The van der Waals surface area contributed by atoms with Crippen molar-refractivity contribution in [1.82, 2.24) is 10.2 Å². The zero-order valence-electron chi connectivity index (χ0n) is 15.1. The van der Waals surface area contributed by atoms with Crippen LogP contribution >= 0.6 is 0 Å². The minimum Gasteiger partial charge on any atom is -0.468 e. The zero-order valence-corrected chi connectivity index (χ0v) is 15.9. The molecular weight excluding hydrogens is 370 g/mol. The molecule has 1 aliphatic heterocycles. The number of rotatable bonds is 6. The number of sulfonamides is 1. The molecular formula is C18H21N3O5S. The van der Waals surface area contributed by atoms with Gasteiger partial charge in [0.25, 0.3) is 5.91 Å². The van der Waals surface area contributed by atoms with Gasteiger partial charge in [-0.1, -0.05) is 6.07 Å². The summed E-state index contributed by atoms with van der Waals surface area (Å²) in [7, 11) is 0.0922. The van der Waals surface area contributed by atoms with Crippen molar-refractivity contribution in [1.29, 1.82) is 0 Å². The third-order valence-electron chi connectivity index (χ3n) is 4.37. The van der Waals surface area contributed by atoms with Crippen LogP contribution in [0.4, 0.5) is 5.69 Å². The smallest absolute Gasteiger partial charge is 0.251 e. The molecule has 2 aromatic rings. The van der Waals surface area contributed by atoms with Crippen LogP contribution in [0.1, 0.15) is 28.6 Å². The third-order valence-corrected chi connectivity index (χ3v) is 6.06. The lowest BCUT2D eigenvalue weighted by Crippen LogP contribution is -2.34. The Morgan fingerprint density at radius 2 is 2.07 bits per heavy atom. The van der Waals surface area contributed by atoms with Gasteiger partial charge >= 0.3 is 0 Å². The Hall–Kier alpha value is -2.65. The monoisotopic (exact) mass is 391 g/mol. The van der Waals surface area contributed by atoms with E-state index in [9.17, 15) is 18.0 Å². The summed E-state index contributed by atoms with van der Waals surface area (Å²) in [5, 5.41) is 2.82. The number of nitrogens with one attached hydrogen (secondary N) is 1. The number of hydrogen-bond donors (Lipinski definition) is 1. The molecule has 0 radical (unpaired) electrons. The first-order valence-corrected chi connectivity index (χ1v) is 10.0. The van der Waals surface area contributed by atoms with E-state index >= 15 is 0 Å².